The van der Waals surface area contributed by atoms with Gasteiger partial charge in [0.1, 0.15) is 11.2 Å². The molecule has 0 fully saturated rings. The van der Waals surface area contributed by atoms with Crippen molar-refractivity contribution in [2.45, 2.75) is 12.1 Å². The number of nitrogens with zero attached hydrogens (tertiary/aromatic N) is 5. The van der Waals surface area contributed by atoms with Crippen molar-refractivity contribution in [1.82, 2.24) is 24.8 Å². The molecule has 0 N–H and O–H groups in total. The van der Waals surface area contributed by atoms with Gasteiger partial charge < -0.3 is 4.18 Å². The van der Waals surface area contributed by atoms with E-state index in [9.17, 15) is 30.4 Å². The molecule has 0 aliphatic heterocycles. The molecule has 2 heterocycles. The van der Waals surface area contributed by atoms with Crippen molar-refractivity contribution in [2.24, 2.45) is 0 Å². The third-order valence-corrected chi connectivity index (χ3v) is 4.13. The van der Waals surface area contributed by atoms with Crippen LogP contribution in [-0.2, 0) is 14.3 Å². The summed E-state index contributed by atoms with van der Waals surface area (Å²) in [5, 5.41) is 10.7. The van der Waals surface area contributed by atoms with Crippen LogP contribution in [0.5, 0.6) is 0 Å². The lowest BCUT2D eigenvalue weighted by Gasteiger charge is -2.11. The molecule has 0 aliphatic carbocycles. The van der Waals surface area contributed by atoms with Crippen LogP contribution in [0.15, 0.2) is 36.5 Å². The van der Waals surface area contributed by atoms with E-state index in [4.69, 9.17) is 0 Å². The summed E-state index contributed by atoms with van der Waals surface area (Å²) in [6, 6.07) is 7.11. The molecule has 0 radical (unpaired) electrons. The molecule has 3 aromatic rings. The van der Waals surface area contributed by atoms with Crippen molar-refractivity contribution >= 4 is 33.1 Å². The van der Waals surface area contributed by atoms with Crippen molar-refractivity contribution in [3.05, 3.63) is 42.2 Å². The molecule has 0 aliphatic rings. The summed E-state index contributed by atoms with van der Waals surface area (Å²) in [6.07, 6.45) is 1.49. The minimum absolute atomic E-state index is 0.117. The number of para-hydroxylation sites is 1. The van der Waals surface area contributed by atoms with Crippen LogP contribution in [0.4, 0.5) is 22.0 Å². The molecule has 0 atom stereocenters. The second kappa shape index (κ2) is 6.61. The molecule has 3 rings (SSSR count). The molecule has 0 spiro atoms. The smallest absolute Gasteiger partial charge is 0.372 e. The SMILES string of the molecule is O=S(=O)(OC(=Cn1nnc2ccccc21)c1ccn(C(F)F)n1)C(F)(F)F. The average Bonchev–Trinajstić information content (AvgIpc) is 3.20. The normalized spacial score (nSPS) is 13.5. The number of benzene rings is 1. The molecule has 27 heavy (non-hydrogen) atoms. The van der Waals surface area contributed by atoms with Gasteiger partial charge in [-0.1, -0.05) is 17.3 Å². The highest BCUT2D eigenvalue weighted by Gasteiger charge is 2.49. The molecular formula is C13H8F5N5O3S. The van der Waals surface area contributed by atoms with Gasteiger partial charge in [0.2, 0.25) is 0 Å². The van der Waals surface area contributed by atoms with Gasteiger partial charge in [-0.15, -0.1) is 5.10 Å². The van der Waals surface area contributed by atoms with Gasteiger partial charge in [0.25, 0.3) is 0 Å². The average molecular weight is 409 g/mol. The van der Waals surface area contributed by atoms with Crippen LogP contribution in [0, 0.1) is 0 Å². The fraction of sp³-hybridized carbons (Fsp3) is 0.154. The van der Waals surface area contributed by atoms with E-state index in [0.29, 0.717) is 11.0 Å². The number of hydrogen-bond acceptors (Lipinski definition) is 6. The molecular weight excluding hydrogens is 401 g/mol. The Labute approximate surface area is 147 Å². The number of hydrogen-bond donors (Lipinski definition) is 0. The van der Waals surface area contributed by atoms with Crippen molar-refractivity contribution in [2.75, 3.05) is 0 Å². The Morgan fingerprint density at radius 3 is 2.52 bits per heavy atom. The van der Waals surface area contributed by atoms with E-state index in [-0.39, 0.29) is 4.68 Å². The first kappa shape index (κ1) is 18.8. The first-order valence-corrected chi connectivity index (χ1v) is 8.35. The number of fused-ring (bicyclic) bond motifs is 1. The molecule has 0 saturated carbocycles. The summed E-state index contributed by atoms with van der Waals surface area (Å²) in [7, 11) is -6.08. The largest absolute Gasteiger partial charge is 0.534 e. The lowest BCUT2D eigenvalue weighted by Crippen LogP contribution is -2.25. The highest BCUT2D eigenvalue weighted by Crippen LogP contribution is 2.30. The number of halogens is 5. The van der Waals surface area contributed by atoms with E-state index >= 15 is 0 Å². The summed E-state index contributed by atoms with van der Waals surface area (Å²) >= 11 is 0. The Morgan fingerprint density at radius 2 is 1.89 bits per heavy atom. The van der Waals surface area contributed by atoms with Gasteiger partial charge in [0.05, 0.1) is 11.7 Å². The van der Waals surface area contributed by atoms with Gasteiger partial charge in [-0.3, -0.25) is 0 Å². The number of alkyl halides is 5. The molecule has 0 unspecified atom stereocenters. The Kier molecular flexibility index (Phi) is 4.59. The van der Waals surface area contributed by atoms with Crippen LogP contribution < -0.4 is 0 Å². The van der Waals surface area contributed by atoms with E-state index < -0.39 is 33.6 Å². The first-order valence-electron chi connectivity index (χ1n) is 6.95. The fourth-order valence-electron chi connectivity index (χ4n) is 1.97. The van der Waals surface area contributed by atoms with Gasteiger partial charge in [0.15, 0.2) is 5.76 Å². The van der Waals surface area contributed by atoms with Crippen molar-refractivity contribution < 1.29 is 34.6 Å². The Balaban J connectivity index is 2.12. The van der Waals surface area contributed by atoms with Gasteiger partial charge in [-0.25, -0.2) is 9.36 Å². The summed E-state index contributed by atoms with van der Waals surface area (Å²) in [4.78, 5) is 0. The third-order valence-electron chi connectivity index (χ3n) is 3.16. The molecule has 144 valence electrons. The Bertz CT molecular complexity index is 1100. The van der Waals surface area contributed by atoms with Crippen LogP contribution in [-0.4, -0.2) is 38.7 Å². The highest BCUT2D eigenvalue weighted by atomic mass is 32.2. The maximum atomic E-state index is 12.7. The predicted octanol–water partition coefficient (Wildman–Crippen LogP) is 2.84. The lowest BCUT2D eigenvalue weighted by molar-refractivity contribution is -0.0509. The zero-order valence-electron chi connectivity index (χ0n) is 12.9. The number of aromatic nitrogens is 5. The molecule has 0 bridgehead atoms. The van der Waals surface area contributed by atoms with Gasteiger partial charge >= 0.3 is 22.2 Å². The van der Waals surface area contributed by atoms with E-state index in [1.807, 2.05) is 0 Å². The summed E-state index contributed by atoms with van der Waals surface area (Å²) in [5.74, 6) is -0.970. The number of rotatable bonds is 5. The van der Waals surface area contributed by atoms with E-state index in [0.717, 1.165) is 23.1 Å². The minimum atomic E-state index is -6.08. The third kappa shape index (κ3) is 3.74. The fourth-order valence-corrected chi connectivity index (χ4v) is 2.43. The van der Waals surface area contributed by atoms with Gasteiger partial charge in [0, 0.05) is 6.20 Å². The molecule has 0 saturated heterocycles. The molecule has 14 heteroatoms. The van der Waals surface area contributed by atoms with E-state index in [1.165, 1.54) is 6.07 Å². The monoisotopic (exact) mass is 409 g/mol. The zero-order chi connectivity index (χ0) is 19.8. The summed E-state index contributed by atoms with van der Waals surface area (Å²) in [6.45, 7) is -3.09. The second-order valence-electron chi connectivity index (χ2n) is 4.96. The summed E-state index contributed by atoms with van der Waals surface area (Å²) < 4.78 is 91.2. The maximum absolute atomic E-state index is 12.7. The van der Waals surface area contributed by atoms with E-state index in [2.05, 4.69) is 19.6 Å². The summed E-state index contributed by atoms with van der Waals surface area (Å²) in [5.41, 5.74) is -5.66. The highest BCUT2D eigenvalue weighted by molar-refractivity contribution is 7.87. The first-order chi connectivity index (χ1) is 12.6. The van der Waals surface area contributed by atoms with Crippen molar-refractivity contribution in [3.63, 3.8) is 0 Å². The van der Waals surface area contributed by atoms with Crippen LogP contribution in [0.1, 0.15) is 12.2 Å². The molecule has 2 aromatic heterocycles. The second-order valence-corrected chi connectivity index (χ2v) is 6.50. The van der Waals surface area contributed by atoms with E-state index in [1.54, 1.807) is 18.2 Å². The topological polar surface area (TPSA) is 91.9 Å². The quantitative estimate of drug-likeness (QED) is 0.279. The Morgan fingerprint density at radius 1 is 1.19 bits per heavy atom. The van der Waals surface area contributed by atoms with Crippen LogP contribution in [0.25, 0.3) is 23.0 Å². The zero-order valence-corrected chi connectivity index (χ0v) is 13.7. The Hall–Kier alpha value is -3.03. The van der Waals surface area contributed by atoms with Crippen molar-refractivity contribution in [1.29, 1.82) is 0 Å². The van der Waals surface area contributed by atoms with Gasteiger partial charge in [-0.2, -0.15) is 35.5 Å². The molecule has 8 nitrogen and oxygen atoms in total. The molecule has 0 amide bonds. The maximum Gasteiger partial charge on any atom is 0.534 e. The standard InChI is InChI=1S/C13H8F5N5O3S/c14-12(15)22-6-5-9(20-22)11(26-27(24,25)13(16,17)18)7-23-10-4-2-1-3-8(10)19-21-23/h1-7,12H. The molecule has 1 aromatic carbocycles. The van der Waals surface area contributed by atoms with Crippen molar-refractivity contribution in [3.8, 4) is 0 Å². The lowest BCUT2D eigenvalue weighted by atomic mass is 10.3. The van der Waals surface area contributed by atoms with Crippen LogP contribution >= 0.6 is 0 Å². The van der Waals surface area contributed by atoms with Crippen LogP contribution in [0.3, 0.4) is 0 Å². The minimum Gasteiger partial charge on any atom is -0.372 e. The van der Waals surface area contributed by atoms with Gasteiger partial charge in [-0.05, 0) is 18.2 Å². The van der Waals surface area contributed by atoms with Crippen LogP contribution in [0.2, 0.25) is 0 Å². The predicted molar refractivity (Wildman–Crippen MR) is 81.2 cm³/mol.